The van der Waals surface area contributed by atoms with E-state index < -0.39 is 0 Å². The van der Waals surface area contributed by atoms with Crippen LogP contribution in [0.5, 0.6) is 11.5 Å². The molecule has 0 bridgehead atoms. The lowest BCUT2D eigenvalue weighted by atomic mass is 10.1. The molecule has 30 heavy (non-hydrogen) atoms. The first-order chi connectivity index (χ1) is 14.5. The van der Waals surface area contributed by atoms with Crippen molar-refractivity contribution >= 4 is 5.91 Å². The summed E-state index contributed by atoms with van der Waals surface area (Å²) in [6, 6.07) is 25.3. The van der Waals surface area contributed by atoms with Gasteiger partial charge in [-0.2, -0.15) is 0 Å². The third-order valence-corrected chi connectivity index (χ3v) is 4.73. The van der Waals surface area contributed by atoms with Crippen LogP contribution in [-0.4, -0.2) is 24.5 Å². The molecule has 4 nitrogen and oxygen atoms in total. The quantitative estimate of drug-likeness (QED) is 0.469. The normalized spacial score (nSPS) is 10.7. The lowest BCUT2D eigenvalue weighted by molar-refractivity contribution is 0.0722. The molecule has 1 amide bonds. The Hall–Kier alpha value is -3.27. The van der Waals surface area contributed by atoms with Crippen molar-refractivity contribution < 1.29 is 14.3 Å². The minimum Gasteiger partial charge on any atom is -0.497 e. The Bertz CT molecular complexity index is 936. The minimum absolute atomic E-state index is 0.0157. The third kappa shape index (κ3) is 6.11. The third-order valence-electron chi connectivity index (χ3n) is 4.73. The van der Waals surface area contributed by atoms with Gasteiger partial charge in [0.1, 0.15) is 18.1 Å². The van der Waals surface area contributed by atoms with Gasteiger partial charge in [-0.1, -0.05) is 56.3 Å². The molecule has 0 unspecified atom stereocenters. The van der Waals surface area contributed by atoms with Gasteiger partial charge in [-0.15, -0.1) is 0 Å². The lowest BCUT2D eigenvalue weighted by Gasteiger charge is -2.25. The molecule has 0 atom stereocenters. The van der Waals surface area contributed by atoms with E-state index in [2.05, 4.69) is 13.8 Å². The fourth-order valence-electron chi connectivity index (χ4n) is 3.27. The first-order valence-electron chi connectivity index (χ1n) is 10.2. The van der Waals surface area contributed by atoms with Crippen molar-refractivity contribution in [3.8, 4) is 11.5 Å². The molecule has 0 aliphatic rings. The molecule has 4 heteroatoms. The number of nitrogens with zero attached hydrogens (tertiary/aromatic N) is 1. The van der Waals surface area contributed by atoms with Crippen molar-refractivity contribution in [2.45, 2.75) is 27.0 Å². The lowest BCUT2D eigenvalue weighted by Crippen LogP contribution is -2.33. The van der Waals surface area contributed by atoms with Gasteiger partial charge in [0.25, 0.3) is 5.91 Å². The second kappa shape index (κ2) is 10.5. The van der Waals surface area contributed by atoms with Crippen LogP contribution in [-0.2, 0) is 13.2 Å². The number of rotatable bonds is 9. The maximum atomic E-state index is 13.1. The molecule has 3 aromatic carbocycles. The number of ether oxygens (including phenoxy) is 2. The zero-order valence-corrected chi connectivity index (χ0v) is 17.9. The Morgan fingerprint density at radius 2 is 1.57 bits per heavy atom. The van der Waals surface area contributed by atoms with Gasteiger partial charge in [-0.05, 0) is 53.4 Å². The van der Waals surface area contributed by atoms with Crippen molar-refractivity contribution in [2.24, 2.45) is 5.92 Å². The second-order valence-electron chi connectivity index (χ2n) is 7.73. The maximum Gasteiger partial charge on any atom is 0.254 e. The molecule has 0 saturated heterocycles. The van der Waals surface area contributed by atoms with Crippen LogP contribution in [0.15, 0.2) is 78.9 Å². The van der Waals surface area contributed by atoms with Crippen LogP contribution in [0.3, 0.4) is 0 Å². The van der Waals surface area contributed by atoms with Crippen molar-refractivity contribution in [2.75, 3.05) is 13.7 Å². The maximum absolute atomic E-state index is 13.1. The van der Waals surface area contributed by atoms with Crippen molar-refractivity contribution in [1.29, 1.82) is 0 Å². The summed E-state index contributed by atoms with van der Waals surface area (Å²) in [7, 11) is 1.62. The van der Waals surface area contributed by atoms with Crippen LogP contribution in [0.1, 0.15) is 35.3 Å². The summed E-state index contributed by atoms with van der Waals surface area (Å²) in [4.78, 5) is 15.0. The zero-order chi connectivity index (χ0) is 21.3. The fraction of sp³-hybridized carbons (Fsp3) is 0.269. The molecule has 0 heterocycles. The summed E-state index contributed by atoms with van der Waals surface area (Å²) >= 11 is 0. The summed E-state index contributed by atoms with van der Waals surface area (Å²) in [5, 5.41) is 0. The van der Waals surface area contributed by atoms with Crippen LogP contribution >= 0.6 is 0 Å². The van der Waals surface area contributed by atoms with E-state index in [0.717, 1.165) is 22.6 Å². The predicted molar refractivity (Wildman–Crippen MR) is 120 cm³/mol. The molecule has 0 spiro atoms. The second-order valence-corrected chi connectivity index (χ2v) is 7.73. The SMILES string of the molecule is COc1ccc(C(=O)N(Cc2cccc(OCc3ccccc3)c2)CC(C)C)cc1. The standard InChI is InChI=1S/C26H29NO3/c1-20(2)17-27(26(28)23-12-14-24(29-3)15-13-23)18-22-10-7-11-25(16-22)30-19-21-8-5-4-6-9-21/h4-16,20H,17-19H2,1-3H3. The Balaban J connectivity index is 1.71. The molecular formula is C26H29NO3. The van der Waals surface area contributed by atoms with E-state index in [0.29, 0.717) is 31.2 Å². The van der Waals surface area contributed by atoms with Crippen molar-refractivity contribution in [3.05, 3.63) is 95.6 Å². The number of methoxy groups -OCH3 is 1. The number of carbonyl (C=O) groups is 1. The van der Waals surface area contributed by atoms with Gasteiger partial charge in [0.2, 0.25) is 0 Å². The molecule has 0 N–H and O–H groups in total. The van der Waals surface area contributed by atoms with E-state index in [1.807, 2.05) is 83.8 Å². The van der Waals surface area contributed by atoms with Gasteiger partial charge in [-0.25, -0.2) is 0 Å². The number of carbonyl (C=O) groups excluding carboxylic acids is 1. The van der Waals surface area contributed by atoms with Gasteiger partial charge >= 0.3 is 0 Å². The number of hydrogen-bond acceptors (Lipinski definition) is 3. The topological polar surface area (TPSA) is 38.8 Å². The smallest absolute Gasteiger partial charge is 0.254 e. The molecule has 3 aromatic rings. The van der Waals surface area contributed by atoms with Crippen LogP contribution in [0, 0.1) is 5.92 Å². The molecular weight excluding hydrogens is 374 g/mol. The van der Waals surface area contributed by atoms with E-state index in [9.17, 15) is 4.79 Å². The molecule has 0 saturated carbocycles. The van der Waals surface area contributed by atoms with Crippen LogP contribution in [0.25, 0.3) is 0 Å². The Kier molecular flexibility index (Phi) is 7.50. The summed E-state index contributed by atoms with van der Waals surface area (Å²) in [6.45, 7) is 5.97. The van der Waals surface area contributed by atoms with Crippen molar-refractivity contribution in [3.63, 3.8) is 0 Å². The largest absolute Gasteiger partial charge is 0.497 e. The highest BCUT2D eigenvalue weighted by atomic mass is 16.5. The van der Waals surface area contributed by atoms with Crippen LogP contribution in [0.4, 0.5) is 0 Å². The summed E-state index contributed by atoms with van der Waals surface area (Å²) in [5.41, 5.74) is 2.83. The molecule has 0 aliphatic carbocycles. The van der Waals surface area contributed by atoms with Crippen molar-refractivity contribution in [1.82, 2.24) is 4.90 Å². The van der Waals surface area contributed by atoms with Gasteiger partial charge in [0.15, 0.2) is 0 Å². The average molecular weight is 404 g/mol. The highest BCUT2D eigenvalue weighted by Crippen LogP contribution is 2.19. The Morgan fingerprint density at radius 1 is 0.867 bits per heavy atom. The van der Waals surface area contributed by atoms with Crippen LogP contribution < -0.4 is 9.47 Å². The fourth-order valence-corrected chi connectivity index (χ4v) is 3.27. The monoisotopic (exact) mass is 403 g/mol. The van der Waals surface area contributed by atoms with E-state index >= 15 is 0 Å². The summed E-state index contributed by atoms with van der Waals surface area (Å²) < 4.78 is 11.1. The highest BCUT2D eigenvalue weighted by Gasteiger charge is 2.18. The van der Waals surface area contributed by atoms with Gasteiger partial charge in [0, 0.05) is 18.7 Å². The highest BCUT2D eigenvalue weighted by molar-refractivity contribution is 5.94. The van der Waals surface area contributed by atoms with Gasteiger partial charge in [-0.3, -0.25) is 4.79 Å². The minimum atomic E-state index is 0.0157. The van der Waals surface area contributed by atoms with E-state index in [1.54, 1.807) is 7.11 Å². The Morgan fingerprint density at radius 3 is 2.23 bits per heavy atom. The van der Waals surface area contributed by atoms with E-state index in [4.69, 9.17) is 9.47 Å². The Labute approximate surface area is 179 Å². The van der Waals surface area contributed by atoms with E-state index in [-0.39, 0.29) is 5.91 Å². The van der Waals surface area contributed by atoms with Crippen LogP contribution in [0.2, 0.25) is 0 Å². The molecule has 156 valence electrons. The molecule has 0 radical (unpaired) electrons. The molecule has 3 rings (SSSR count). The molecule has 0 aliphatic heterocycles. The molecule has 0 fully saturated rings. The van der Waals surface area contributed by atoms with Gasteiger partial charge < -0.3 is 14.4 Å². The zero-order valence-electron chi connectivity index (χ0n) is 17.9. The first kappa shape index (κ1) is 21.4. The number of hydrogen-bond donors (Lipinski definition) is 0. The predicted octanol–water partition coefficient (Wildman–Crippen LogP) is 5.57. The summed E-state index contributed by atoms with van der Waals surface area (Å²) in [6.07, 6.45) is 0. The van der Waals surface area contributed by atoms with E-state index in [1.165, 1.54) is 0 Å². The van der Waals surface area contributed by atoms with Gasteiger partial charge in [0.05, 0.1) is 7.11 Å². The summed E-state index contributed by atoms with van der Waals surface area (Å²) in [5.74, 6) is 1.93. The first-order valence-corrected chi connectivity index (χ1v) is 10.2. The molecule has 0 aromatic heterocycles. The number of amides is 1. The average Bonchev–Trinajstić information content (AvgIpc) is 2.77. The number of benzene rings is 3.